The number of hydrogen-bond acceptors (Lipinski definition) is 2. The van der Waals surface area contributed by atoms with Gasteiger partial charge in [0.25, 0.3) is 0 Å². The lowest BCUT2D eigenvalue weighted by molar-refractivity contribution is 0.250. The van der Waals surface area contributed by atoms with Gasteiger partial charge in [0.15, 0.2) is 0 Å². The molecule has 0 aliphatic rings. The monoisotopic (exact) mass is 203 g/mol. The molecule has 2 amide bonds. The minimum Gasteiger partial charge on any atom is -0.350 e. The lowest BCUT2D eigenvalue weighted by Crippen LogP contribution is -2.34. The van der Waals surface area contributed by atoms with Crippen LogP contribution >= 0.6 is 11.6 Å². The minimum absolute atomic E-state index is 0.0111. The molecule has 0 spiro atoms. The van der Waals surface area contributed by atoms with E-state index in [0.717, 1.165) is 0 Å². The standard InChI is InChI=1S/C7H7ClFN3O/c8-4-2-1-3-5(9)6(4)11-12-7(10)13/h1-3,11H,(H3,10,12,13). The Morgan fingerprint density at radius 2 is 2.23 bits per heavy atom. The first-order chi connectivity index (χ1) is 6.11. The SMILES string of the molecule is NC(=O)NNc1c(F)cccc1Cl. The molecule has 0 heterocycles. The highest BCUT2D eigenvalue weighted by Crippen LogP contribution is 2.23. The number of nitrogens with one attached hydrogen (secondary N) is 2. The van der Waals surface area contributed by atoms with Crippen LogP contribution in [0.5, 0.6) is 0 Å². The third-order valence-electron chi connectivity index (χ3n) is 1.27. The van der Waals surface area contributed by atoms with E-state index in [1.54, 1.807) is 0 Å². The van der Waals surface area contributed by atoms with Gasteiger partial charge in [-0.05, 0) is 12.1 Å². The molecular weight excluding hydrogens is 197 g/mol. The average Bonchev–Trinajstić information content (AvgIpc) is 2.03. The van der Waals surface area contributed by atoms with Gasteiger partial charge in [0, 0.05) is 0 Å². The van der Waals surface area contributed by atoms with Gasteiger partial charge in [-0.3, -0.25) is 10.9 Å². The number of halogens is 2. The lowest BCUT2D eigenvalue weighted by Gasteiger charge is -2.08. The molecule has 0 saturated carbocycles. The van der Waals surface area contributed by atoms with E-state index in [1.165, 1.54) is 18.2 Å². The van der Waals surface area contributed by atoms with Crippen molar-refractivity contribution < 1.29 is 9.18 Å². The minimum atomic E-state index is -0.820. The second-order valence-electron chi connectivity index (χ2n) is 2.21. The fourth-order valence-corrected chi connectivity index (χ4v) is 0.952. The van der Waals surface area contributed by atoms with E-state index in [-0.39, 0.29) is 10.7 Å². The van der Waals surface area contributed by atoms with Crippen molar-refractivity contribution in [2.24, 2.45) is 5.73 Å². The molecular formula is C7H7ClFN3O. The van der Waals surface area contributed by atoms with Gasteiger partial charge in [-0.15, -0.1) is 0 Å². The Bertz CT molecular complexity index is 311. The number of hydrazine groups is 1. The van der Waals surface area contributed by atoms with Crippen LogP contribution in [0, 0.1) is 5.82 Å². The number of nitrogens with two attached hydrogens (primary N) is 1. The van der Waals surface area contributed by atoms with Gasteiger partial charge in [-0.25, -0.2) is 9.18 Å². The first-order valence-electron chi connectivity index (χ1n) is 3.36. The van der Waals surface area contributed by atoms with E-state index >= 15 is 0 Å². The molecule has 0 fully saturated rings. The molecule has 0 atom stereocenters. The maximum Gasteiger partial charge on any atom is 0.330 e. The molecule has 0 aliphatic heterocycles. The lowest BCUT2D eigenvalue weighted by atomic mass is 10.3. The van der Waals surface area contributed by atoms with Crippen molar-refractivity contribution in [1.82, 2.24) is 5.43 Å². The first-order valence-corrected chi connectivity index (χ1v) is 3.74. The van der Waals surface area contributed by atoms with Crippen molar-refractivity contribution in [1.29, 1.82) is 0 Å². The zero-order valence-electron chi connectivity index (χ0n) is 6.47. The van der Waals surface area contributed by atoms with Crippen LogP contribution in [-0.4, -0.2) is 6.03 Å². The topological polar surface area (TPSA) is 67.2 Å². The highest BCUT2D eigenvalue weighted by Gasteiger charge is 2.05. The molecule has 13 heavy (non-hydrogen) atoms. The number of benzene rings is 1. The van der Waals surface area contributed by atoms with Crippen molar-refractivity contribution in [2.45, 2.75) is 0 Å². The first kappa shape index (κ1) is 9.60. The number of para-hydroxylation sites is 1. The summed E-state index contributed by atoms with van der Waals surface area (Å²) in [5, 5.41) is 0.161. The van der Waals surface area contributed by atoms with Gasteiger partial charge in [-0.1, -0.05) is 17.7 Å². The zero-order chi connectivity index (χ0) is 9.84. The number of carbonyl (C=O) groups excluding carboxylic acids is 1. The van der Waals surface area contributed by atoms with Crippen LogP contribution in [0.15, 0.2) is 18.2 Å². The predicted octanol–water partition coefficient (Wildman–Crippen LogP) is 1.47. The highest BCUT2D eigenvalue weighted by atomic mass is 35.5. The number of primary amides is 1. The molecule has 0 aromatic heterocycles. The molecule has 6 heteroatoms. The third-order valence-corrected chi connectivity index (χ3v) is 1.59. The van der Waals surface area contributed by atoms with Gasteiger partial charge in [0.05, 0.1) is 5.02 Å². The molecule has 1 rings (SSSR count). The van der Waals surface area contributed by atoms with Gasteiger partial charge in [0.1, 0.15) is 11.5 Å². The Hall–Kier alpha value is -1.49. The van der Waals surface area contributed by atoms with E-state index in [4.69, 9.17) is 17.3 Å². The average molecular weight is 204 g/mol. The maximum atomic E-state index is 13.0. The Labute approximate surface area is 78.8 Å². The largest absolute Gasteiger partial charge is 0.350 e. The molecule has 0 radical (unpaired) electrons. The van der Waals surface area contributed by atoms with Crippen molar-refractivity contribution in [3.05, 3.63) is 29.0 Å². The third kappa shape index (κ3) is 2.48. The number of rotatable bonds is 2. The predicted molar refractivity (Wildman–Crippen MR) is 47.8 cm³/mol. The summed E-state index contributed by atoms with van der Waals surface area (Å²) >= 11 is 5.62. The zero-order valence-corrected chi connectivity index (χ0v) is 7.23. The molecule has 4 nitrogen and oxygen atoms in total. The number of anilines is 1. The Kier molecular flexibility index (Phi) is 2.92. The second-order valence-corrected chi connectivity index (χ2v) is 2.62. The van der Waals surface area contributed by atoms with E-state index in [2.05, 4.69) is 5.43 Å². The van der Waals surface area contributed by atoms with E-state index in [9.17, 15) is 9.18 Å². The number of amides is 2. The molecule has 0 bridgehead atoms. The summed E-state index contributed by atoms with van der Waals surface area (Å²) < 4.78 is 13.0. The Morgan fingerprint density at radius 3 is 2.77 bits per heavy atom. The fourth-order valence-electron chi connectivity index (χ4n) is 0.741. The molecule has 1 aromatic rings. The maximum absolute atomic E-state index is 13.0. The summed E-state index contributed by atoms with van der Waals surface area (Å²) in [4.78, 5) is 10.3. The smallest absolute Gasteiger partial charge is 0.330 e. The van der Waals surface area contributed by atoms with Crippen LogP contribution in [0.2, 0.25) is 5.02 Å². The van der Waals surface area contributed by atoms with Gasteiger partial charge < -0.3 is 5.73 Å². The van der Waals surface area contributed by atoms with Crippen molar-refractivity contribution in [3.8, 4) is 0 Å². The summed E-state index contributed by atoms with van der Waals surface area (Å²) in [6.07, 6.45) is 0. The van der Waals surface area contributed by atoms with Crippen LogP contribution in [0.1, 0.15) is 0 Å². The molecule has 0 saturated heterocycles. The summed E-state index contributed by atoms with van der Waals surface area (Å²) in [7, 11) is 0. The van der Waals surface area contributed by atoms with Crippen molar-refractivity contribution in [3.63, 3.8) is 0 Å². The summed E-state index contributed by atoms with van der Waals surface area (Å²) in [5.74, 6) is -0.568. The fraction of sp³-hybridized carbons (Fsp3) is 0. The Morgan fingerprint density at radius 1 is 1.54 bits per heavy atom. The molecule has 1 aromatic carbocycles. The van der Waals surface area contributed by atoms with Gasteiger partial charge in [-0.2, -0.15) is 0 Å². The van der Waals surface area contributed by atoms with E-state index in [1.807, 2.05) is 5.43 Å². The summed E-state index contributed by atoms with van der Waals surface area (Å²) in [5.41, 5.74) is 9.01. The molecule has 70 valence electrons. The highest BCUT2D eigenvalue weighted by molar-refractivity contribution is 6.33. The van der Waals surface area contributed by atoms with Crippen LogP contribution in [0.3, 0.4) is 0 Å². The van der Waals surface area contributed by atoms with Crippen molar-refractivity contribution >= 4 is 23.3 Å². The quantitative estimate of drug-likeness (QED) is 0.638. The van der Waals surface area contributed by atoms with E-state index in [0.29, 0.717) is 0 Å². The normalized spacial score (nSPS) is 9.38. The summed E-state index contributed by atoms with van der Waals surface area (Å²) in [6, 6.07) is 3.32. The molecule has 4 N–H and O–H groups in total. The molecule has 0 aliphatic carbocycles. The van der Waals surface area contributed by atoms with Crippen LogP contribution in [0.25, 0.3) is 0 Å². The number of urea groups is 1. The Balaban J connectivity index is 2.81. The number of carbonyl (C=O) groups is 1. The second kappa shape index (κ2) is 3.95. The molecule has 0 unspecified atom stereocenters. The van der Waals surface area contributed by atoms with Gasteiger partial charge >= 0.3 is 6.03 Å². The summed E-state index contributed by atoms with van der Waals surface area (Å²) in [6.45, 7) is 0. The number of hydrogen-bond donors (Lipinski definition) is 3. The van der Waals surface area contributed by atoms with Crippen LogP contribution < -0.4 is 16.6 Å². The van der Waals surface area contributed by atoms with Crippen LogP contribution in [0.4, 0.5) is 14.9 Å². The van der Waals surface area contributed by atoms with Gasteiger partial charge in [0.2, 0.25) is 0 Å². The van der Waals surface area contributed by atoms with Crippen molar-refractivity contribution in [2.75, 3.05) is 5.43 Å². The van der Waals surface area contributed by atoms with Crippen LogP contribution in [-0.2, 0) is 0 Å². The van der Waals surface area contributed by atoms with E-state index < -0.39 is 11.8 Å².